The van der Waals surface area contributed by atoms with Gasteiger partial charge in [0.1, 0.15) is 6.04 Å². The molecule has 1 unspecified atom stereocenters. The van der Waals surface area contributed by atoms with Crippen LogP contribution in [0.1, 0.15) is 42.4 Å². The van der Waals surface area contributed by atoms with Crippen molar-refractivity contribution in [2.45, 2.75) is 56.5 Å². The SMILES string of the molecule is O=C(NC1CCCC1)C(Cc1ccccc1)N(Cc1ccccc1Cl)C(=O)CSCc1c(Cl)cccc1Cl. The number of halogens is 3. The molecule has 1 saturated carbocycles. The van der Waals surface area contributed by atoms with Crippen LogP contribution in [0.2, 0.25) is 15.1 Å². The second-order valence-corrected chi connectivity index (χ2v) is 11.7. The molecule has 0 radical (unpaired) electrons. The largest absolute Gasteiger partial charge is 0.352 e. The predicted molar refractivity (Wildman–Crippen MR) is 159 cm³/mol. The molecule has 3 aromatic carbocycles. The number of carbonyl (C=O) groups excluding carboxylic acids is 2. The number of nitrogens with one attached hydrogen (secondary N) is 1. The minimum absolute atomic E-state index is 0.125. The zero-order valence-corrected chi connectivity index (χ0v) is 24.1. The molecule has 1 aliphatic carbocycles. The molecule has 1 fully saturated rings. The summed E-state index contributed by atoms with van der Waals surface area (Å²) in [6.07, 6.45) is 4.57. The number of hydrogen-bond donors (Lipinski definition) is 1. The molecule has 0 aromatic heterocycles. The van der Waals surface area contributed by atoms with E-state index >= 15 is 0 Å². The van der Waals surface area contributed by atoms with Crippen LogP contribution in [-0.4, -0.2) is 34.6 Å². The Labute approximate surface area is 244 Å². The molecule has 200 valence electrons. The zero-order valence-electron chi connectivity index (χ0n) is 21.0. The number of rotatable bonds is 11. The normalized spacial score (nSPS) is 14.3. The van der Waals surface area contributed by atoms with Crippen molar-refractivity contribution < 1.29 is 9.59 Å². The van der Waals surface area contributed by atoms with Crippen molar-refractivity contribution in [3.8, 4) is 0 Å². The van der Waals surface area contributed by atoms with Crippen LogP contribution in [0.15, 0.2) is 72.8 Å². The Morgan fingerprint density at radius 3 is 2.18 bits per heavy atom. The van der Waals surface area contributed by atoms with Crippen molar-refractivity contribution in [2.75, 3.05) is 5.75 Å². The number of thioether (sulfide) groups is 1. The molecule has 1 aliphatic rings. The van der Waals surface area contributed by atoms with E-state index in [-0.39, 0.29) is 30.2 Å². The molecule has 4 nitrogen and oxygen atoms in total. The van der Waals surface area contributed by atoms with Crippen LogP contribution in [0.25, 0.3) is 0 Å². The molecule has 4 rings (SSSR count). The van der Waals surface area contributed by atoms with Gasteiger partial charge in [-0.05, 0) is 47.7 Å². The van der Waals surface area contributed by atoms with E-state index < -0.39 is 6.04 Å². The summed E-state index contributed by atoms with van der Waals surface area (Å²) in [5.74, 6) is 0.399. The van der Waals surface area contributed by atoms with Crippen molar-refractivity contribution in [1.29, 1.82) is 0 Å². The fourth-order valence-electron chi connectivity index (χ4n) is 4.73. The summed E-state index contributed by atoms with van der Waals surface area (Å²) in [4.78, 5) is 29.2. The van der Waals surface area contributed by atoms with E-state index in [1.807, 2.05) is 48.5 Å². The number of hydrogen-bond acceptors (Lipinski definition) is 3. The highest BCUT2D eigenvalue weighted by atomic mass is 35.5. The van der Waals surface area contributed by atoms with Crippen LogP contribution in [0, 0.1) is 0 Å². The van der Waals surface area contributed by atoms with E-state index in [2.05, 4.69) is 5.32 Å². The standard InChI is InChI=1S/C30H31Cl3N2O2S/c31-25-14-7-4-11-22(25)18-35(29(36)20-38-19-24-26(32)15-8-16-27(24)33)28(17-21-9-2-1-3-10-21)30(37)34-23-12-5-6-13-23/h1-4,7-11,14-16,23,28H,5-6,12-13,17-20H2,(H,34,37). The summed E-state index contributed by atoms with van der Waals surface area (Å²) in [6.45, 7) is 0.238. The van der Waals surface area contributed by atoms with Gasteiger partial charge in [-0.2, -0.15) is 0 Å². The Kier molecular flexibility index (Phi) is 10.8. The highest BCUT2D eigenvalue weighted by Crippen LogP contribution is 2.29. The molecular formula is C30H31Cl3N2O2S. The first kappa shape index (κ1) is 28.8. The van der Waals surface area contributed by atoms with E-state index in [9.17, 15) is 9.59 Å². The summed E-state index contributed by atoms with van der Waals surface area (Å²) in [5.41, 5.74) is 2.59. The maximum absolute atomic E-state index is 13.8. The van der Waals surface area contributed by atoms with Gasteiger partial charge in [0.25, 0.3) is 0 Å². The van der Waals surface area contributed by atoms with Gasteiger partial charge >= 0.3 is 0 Å². The van der Waals surface area contributed by atoms with Gasteiger partial charge in [0.2, 0.25) is 11.8 Å². The minimum atomic E-state index is -0.675. The maximum atomic E-state index is 13.8. The van der Waals surface area contributed by atoms with Crippen LogP contribution in [-0.2, 0) is 28.3 Å². The van der Waals surface area contributed by atoms with Crippen LogP contribution in [0.4, 0.5) is 0 Å². The van der Waals surface area contributed by atoms with Gasteiger partial charge in [0.05, 0.1) is 5.75 Å². The van der Waals surface area contributed by atoms with Gasteiger partial charge < -0.3 is 10.2 Å². The van der Waals surface area contributed by atoms with E-state index in [1.54, 1.807) is 29.2 Å². The summed E-state index contributed by atoms with van der Waals surface area (Å²) < 4.78 is 0. The third-order valence-electron chi connectivity index (χ3n) is 6.80. The molecule has 0 bridgehead atoms. The first-order valence-electron chi connectivity index (χ1n) is 12.8. The van der Waals surface area contributed by atoms with Gasteiger partial charge in [-0.1, -0.05) is 102 Å². The quantitative estimate of drug-likeness (QED) is 0.251. The molecular weight excluding hydrogens is 559 g/mol. The third-order valence-corrected chi connectivity index (χ3v) is 8.83. The van der Waals surface area contributed by atoms with Crippen LogP contribution >= 0.6 is 46.6 Å². The van der Waals surface area contributed by atoms with Crippen LogP contribution in [0.3, 0.4) is 0 Å². The molecule has 0 aliphatic heterocycles. The van der Waals surface area contributed by atoms with Gasteiger partial charge in [-0.25, -0.2) is 0 Å². The lowest BCUT2D eigenvalue weighted by Gasteiger charge is -2.32. The lowest BCUT2D eigenvalue weighted by Crippen LogP contribution is -2.52. The molecule has 1 N–H and O–H groups in total. The fourth-order valence-corrected chi connectivity index (χ4v) is 6.57. The topological polar surface area (TPSA) is 49.4 Å². The summed E-state index contributed by atoms with van der Waals surface area (Å²) in [5, 5.41) is 4.93. The Balaban J connectivity index is 1.59. The molecule has 0 saturated heterocycles. The number of benzene rings is 3. The average molecular weight is 590 g/mol. The first-order valence-corrected chi connectivity index (χ1v) is 15.1. The lowest BCUT2D eigenvalue weighted by molar-refractivity contribution is -0.139. The Morgan fingerprint density at radius 1 is 0.868 bits per heavy atom. The summed E-state index contributed by atoms with van der Waals surface area (Å²) >= 11 is 20.6. The summed E-state index contributed by atoms with van der Waals surface area (Å²) in [7, 11) is 0. The first-order chi connectivity index (χ1) is 18.4. The van der Waals surface area contributed by atoms with Gasteiger partial charge in [0, 0.05) is 39.8 Å². The molecule has 3 aromatic rings. The monoisotopic (exact) mass is 588 g/mol. The van der Waals surface area contributed by atoms with Gasteiger partial charge in [-0.15, -0.1) is 11.8 Å². The number of nitrogens with zero attached hydrogens (tertiary/aromatic N) is 1. The highest BCUT2D eigenvalue weighted by Gasteiger charge is 2.32. The molecule has 0 heterocycles. The molecule has 2 amide bonds. The van der Waals surface area contributed by atoms with Crippen molar-refractivity contribution in [3.05, 3.63) is 105 Å². The third kappa shape index (κ3) is 7.92. The zero-order chi connectivity index (χ0) is 26.9. The van der Waals surface area contributed by atoms with Gasteiger partial charge in [-0.3, -0.25) is 9.59 Å². The van der Waals surface area contributed by atoms with Crippen molar-refractivity contribution in [1.82, 2.24) is 10.2 Å². The van der Waals surface area contributed by atoms with Crippen molar-refractivity contribution in [2.24, 2.45) is 0 Å². The Hall–Kier alpha value is -2.18. The van der Waals surface area contributed by atoms with Crippen molar-refractivity contribution in [3.63, 3.8) is 0 Å². The fraction of sp³-hybridized carbons (Fsp3) is 0.333. The van der Waals surface area contributed by atoms with E-state index in [0.29, 0.717) is 27.2 Å². The van der Waals surface area contributed by atoms with Crippen molar-refractivity contribution >= 4 is 58.4 Å². The number of carbonyl (C=O) groups is 2. The summed E-state index contributed by atoms with van der Waals surface area (Å²) in [6, 6.07) is 22.1. The molecule has 1 atom stereocenters. The lowest BCUT2D eigenvalue weighted by atomic mass is 10.0. The molecule has 8 heteroatoms. The van der Waals surface area contributed by atoms with Crippen LogP contribution in [0.5, 0.6) is 0 Å². The number of amides is 2. The maximum Gasteiger partial charge on any atom is 0.243 e. The Bertz CT molecular complexity index is 1210. The second-order valence-electron chi connectivity index (χ2n) is 9.50. The second kappa shape index (κ2) is 14.3. The minimum Gasteiger partial charge on any atom is -0.352 e. The smallest absolute Gasteiger partial charge is 0.243 e. The molecule has 38 heavy (non-hydrogen) atoms. The van der Waals surface area contributed by atoms with E-state index in [0.717, 1.165) is 42.4 Å². The Morgan fingerprint density at radius 2 is 1.50 bits per heavy atom. The van der Waals surface area contributed by atoms with E-state index in [1.165, 1.54) is 11.8 Å². The molecule has 0 spiro atoms. The average Bonchev–Trinajstić information content (AvgIpc) is 3.42. The van der Waals surface area contributed by atoms with Gasteiger partial charge in [0.15, 0.2) is 0 Å². The van der Waals surface area contributed by atoms with E-state index in [4.69, 9.17) is 34.8 Å². The van der Waals surface area contributed by atoms with Crippen LogP contribution < -0.4 is 5.32 Å². The predicted octanol–water partition coefficient (Wildman–Crippen LogP) is 7.58. The highest BCUT2D eigenvalue weighted by molar-refractivity contribution is 7.99.